The van der Waals surface area contributed by atoms with Gasteiger partial charge in [0.2, 0.25) is 0 Å². The molecule has 0 bridgehead atoms. The van der Waals surface area contributed by atoms with Gasteiger partial charge in [-0.25, -0.2) is 0 Å². The molecule has 0 aliphatic rings. The summed E-state index contributed by atoms with van der Waals surface area (Å²) in [6.07, 6.45) is 1.04. The summed E-state index contributed by atoms with van der Waals surface area (Å²) in [7, 11) is 0. The van der Waals surface area contributed by atoms with E-state index >= 15 is 0 Å². The van der Waals surface area contributed by atoms with Crippen LogP contribution in [0.3, 0.4) is 0 Å². The lowest BCUT2D eigenvalue weighted by molar-refractivity contribution is 0.508. The maximum atomic E-state index is 6.01. The fourth-order valence-electron chi connectivity index (χ4n) is 1.76. The van der Waals surface area contributed by atoms with Crippen LogP contribution in [0.2, 0.25) is 5.02 Å². The first-order chi connectivity index (χ1) is 7.49. The van der Waals surface area contributed by atoms with E-state index in [1.165, 1.54) is 0 Å². The fraction of sp³-hybridized carbons (Fsp3) is 0.538. The molecule has 0 saturated heterocycles. The van der Waals surface area contributed by atoms with Crippen molar-refractivity contribution in [2.75, 3.05) is 11.9 Å². The zero-order valence-corrected chi connectivity index (χ0v) is 11.0. The molecule has 16 heavy (non-hydrogen) atoms. The van der Waals surface area contributed by atoms with Crippen molar-refractivity contribution in [1.29, 1.82) is 0 Å². The van der Waals surface area contributed by atoms with E-state index < -0.39 is 0 Å². The van der Waals surface area contributed by atoms with Crippen molar-refractivity contribution < 1.29 is 0 Å². The summed E-state index contributed by atoms with van der Waals surface area (Å²) in [6, 6.07) is 6.05. The Morgan fingerprint density at radius 2 is 2.06 bits per heavy atom. The topological polar surface area (TPSA) is 38.0 Å². The van der Waals surface area contributed by atoms with Crippen molar-refractivity contribution in [1.82, 2.24) is 0 Å². The first kappa shape index (κ1) is 13.3. The van der Waals surface area contributed by atoms with Gasteiger partial charge >= 0.3 is 0 Å². The average molecular weight is 241 g/mol. The van der Waals surface area contributed by atoms with Crippen molar-refractivity contribution in [2.45, 2.75) is 33.2 Å². The lowest BCUT2D eigenvalue weighted by atomic mass is 10.0. The molecular weight excluding hydrogens is 220 g/mol. The highest BCUT2D eigenvalue weighted by molar-refractivity contribution is 6.30. The van der Waals surface area contributed by atoms with Gasteiger partial charge in [-0.05, 0) is 43.0 Å². The van der Waals surface area contributed by atoms with E-state index in [4.69, 9.17) is 17.3 Å². The molecule has 3 N–H and O–H groups in total. The van der Waals surface area contributed by atoms with Crippen molar-refractivity contribution in [3.05, 3.63) is 28.8 Å². The third-order valence-corrected chi connectivity index (χ3v) is 2.75. The van der Waals surface area contributed by atoms with E-state index in [9.17, 15) is 0 Å². The summed E-state index contributed by atoms with van der Waals surface area (Å²) in [4.78, 5) is 0. The Kier molecular flexibility index (Phi) is 5.10. The second kappa shape index (κ2) is 6.12. The molecule has 1 rings (SSSR count). The van der Waals surface area contributed by atoms with Crippen molar-refractivity contribution >= 4 is 17.3 Å². The minimum atomic E-state index is 0.204. The molecule has 0 radical (unpaired) electrons. The van der Waals surface area contributed by atoms with Gasteiger partial charge in [0, 0.05) is 23.3 Å². The van der Waals surface area contributed by atoms with Gasteiger partial charge < -0.3 is 11.1 Å². The SMILES string of the molecule is Cc1cc(Cl)ccc1NCC(N)CC(C)C. The average Bonchev–Trinajstić information content (AvgIpc) is 2.15. The molecule has 0 spiro atoms. The normalized spacial score (nSPS) is 12.9. The van der Waals surface area contributed by atoms with Gasteiger partial charge in [-0.3, -0.25) is 0 Å². The molecule has 0 aromatic heterocycles. The van der Waals surface area contributed by atoms with Gasteiger partial charge in [0.05, 0.1) is 0 Å². The summed E-state index contributed by atoms with van der Waals surface area (Å²) < 4.78 is 0. The summed E-state index contributed by atoms with van der Waals surface area (Å²) in [5.74, 6) is 0.642. The number of rotatable bonds is 5. The number of nitrogens with one attached hydrogen (secondary N) is 1. The van der Waals surface area contributed by atoms with E-state index in [-0.39, 0.29) is 6.04 Å². The second-order valence-electron chi connectivity index (χ2n) is 4.73. The van der Waals surface area contributed by atoms with Crippen LogP contribution in [0, 0.1) is 12.8 Å². The first-order valence-corrected chi connectivity index (χ1v) is 6.12. The monoisotopic (exact) mass is 240 g/mol. The van der Waals surface area contributed by atoms with Crippen molar-refractivity contribution in [3.63, 3.8) is 0 Å². The molecule has 90 valence electrons. The third-order valence-electron chi connectivity index (χ3n) is 2.52. The minimum Gasteiger partial charge on any atom is -0.383 e. The van der Waals surface area contributed by atoms with Crippen LogP contribution in [0.1, 0.15) is 25.8 Å². The highest BCUT2D eigenvalue weighted by Gasteiger charge is 2.06. The Morgan fingerprint density at radius 3 is 2.62 bits per heavy atom. The van der Waals surface area contributed by atoms with Crippen LogP contribution in [0.15, 0.2) is 18.2 Å². The molecule has 0 aliphatic carbocycles. The van der Waals surface area contributed by atoms with Crippen molar-refractivity contribution in [3.8, 4) is 0 Å². The molecule has 0 fully saturated rings. The van der Waals surface area contributed by atoms with Gasteiger partial charge in [-0.15, -0.1) is 0 Å². The highest BCUT2D eigenvalue weighted by Crippen LogP contribution is 2.19. The zero-order chi connectivity index (χ0) is 12.1. The molecule has 1 unspecified atom stereocenters. The standard InChI is InChI=1S/C13H21ClN2/c1-9(2)6-12(15)8-16-13-5-4-11(14)7-10(13)3/h4-5,7,9,12,16H,6,8,15H2,1-3H3. The molecule has 0 aliphatic heterocycles. The highest BCUT2D eigenvalue weighted by atomic mass is 35.5. The Morgan fingerprint density at radius 1 is 1.38 bits per heavy atom. The molecular formula is C13H21ClN2. The second-order valence-corrected chi connectivity index (χ2v) is 5.17. The third kappa shape index (κ3) is 4.42. The number of hydrogen-bond acceptors (Lipinski definition) is 2. The van der Waals surface area contributed by atoms with E-state index in [1.54, 1.807) is 0 Å². The van der Waals surface area contributed by atoms with Crippen LogP contribution in [-0.4, -0.2) is 12.6 Å². The molecule has 1 atom stereocenters. The maximum Gasteiger partial charge on any atom is 0.0410 e. The van der Waals surface area contributed by atoms with Crippen LogP contribution in [0.25, 0.3) is 0 Å². The largest absolute Gasteiger partial charge is 0.383 e. The molecule has 1 aromatic rings. The van der Waals surface area contributed by atoms with Crippen LogP contribution in [-0.2, 0) is 0 Å². The molecule has 3 heteroatoms. The Hall–Kier alpha value is -0.730. The Balaban J connectivity index is 2.48. The predicted molar refractivity (Wildman–Crippen MR) is 72.1 cm³/mol. The van der Waals surface area contributed by atoms with Gasteiger partial charge in [-0.1, -0.05) is 25.4 Å². The van der Waals surface area contributed by atoms with Crippen LogP contribution < -0.4 is 11.1 Å². The van der Waals surface area contributed by atoms with Gasteiger partial charge in [0.15, 0.2) is 0 Å². The number of halogens is 1. The molecule has 0 heterocycles. The van der Waals surface area contributed by atoms with Crippen LogP contribution in [0.5, 0.6) is 0 Å². The Bertz CT molecular complexity index is 337. The van der Waals surface area contributed by atoms with E-state index in [1.807, 2.05) is 25.1 Å². The number of hydrogen-bond donors (Lipinski definition) is 2. The summed E-state index contributed by atoms with van der Waals surface area (Å²) in [6.45, 7) is 7.23. The van der Waals surface area contributed by atoms with Gasteiger partial charge in [-0.2, -0.15) is 0 Å². The first-order valence-electron chi connectivity index (χ1n) is 5.74. The Labute approximate surface area is 103 Å². The zero-order valence-electron chi connectivity index (χ0n) is 10.3. The molecule has 0 amide bonds. The summed E-state index contributed by atoms with van der Waals surface area (Å²) in [5, 5.41) is 4.13. The quantitative estimate of drug-likeness (QED) is 0.828. The summed E-state index contributed by atoms with van der Waals surface area (Å²) in [5.41, 5.74) is 8.29. The number of benzene rings is 1. The molecule has 0 saturated carbocycles. The van der Waals surface area contributed by atoms with Crippen LogP contribution in [0.4, 0.5) is 5.69 Å². The lowest BCUT2D eigenvalue weighted by Gasteiger charge is -2.16. The minimum absolute atomic E-state index is 0.204. The lowest BCUT2D eigenvalue weighted by Crippen LogP contribution is -2.30. The van der Waals surface area contributed by atoms with E-state index in [0.29, 0.717) is 5.92 Å². The number of anilines is 1. The predicted octanol–water partition coefficient (Wildman–Crippen LogP) is 3.43. The fourth-order valence-corrected chi connectivity index (χ4v) is 1.98. The molecule has 1 aromatic carbocycles. The smallest absolute Gasteiger partial charge is 0.0410 e. The number of nitrogens with two attached hydrogens (primary N) is 1. The van der Waals surface area contributed by atoms with E-state index in [2.05, 4.69) is 19.2 Å². The van der Waals surface area contributed by atoms with Crippen LogP contribution >= 0.6 is 11.6 Å². The van der Waals surface area contributed by atoms with Crippen molar-refractivity contribution in [2.24, 2.45) is 11.7 Å². The van der Waals surface area contributed by atoms with Gasteiger partial charge in [0.25, 0.3) is 0 Å². The molecule has 2 nitrogen and oxygen atoms in total. The summed E-state index contributed by atoms with van der Waals surface area (Å²) >= 11 is 5.90. The van der Waals surface area contributed by atoms with E-state index in [0.717, 1.165) is 29.2 Å². The maximum absolute atomic E-state index is 6.01. The van der Waals surface area contributed by atoms with Gasteiger partial charge in [0.1, 0.15) is 0 Å². The number of aryl methyl sites for hydroxylation is 1.